The highest BCUT2D eigenvalue weighted by Gasteiger charge is 2.11. The van der Waals surface area contributed by atoms with Crippen molar-refractivity contribution in [3.8, 4) is 12.3 Å². The fourth-order valence-electron chi connectivity index (χ4n) is 0.665. The summed E-state index contributed by atoms with van der Waals surface area (Å²) >= 11 is 0. The quantitative estimate of drug-likeness (QED) is 0.460. The van der Waals surface area contributed by atoms with E-state index in [-0.39, 0.29) is 18.8 Å². The zero-order chi connectivity index (χ0) is 9.40. The Kier molecular flexibility index (Phi) is 6.35. The molecule has 3 nitrogen and oxygen atoms in total. The summed E-state index contributed by atoms with van der Waals surface area (Å²) in [6.07, 6.45) is 6.19. The van der Waals surface area contributed by atoms with Gasteiger partial charge in [-0.3, -0.25) is 4.79 Å². The maximum Gasteiger partial charge on any atom is 0.176 e. The molecular weight excluding hydrogens is 154 g/mol. The van der Waals surface area contributed by atoms with Gasteiger partial charge in [-0.2, -0.15) is 0 Å². The molecule has 0 bridgehead atoms. The summed E-state index contributed by atoms with van der Waals surface area (Å²) < 4.78 is 5.01. The molecule has 0 amide bonds. The van der Waals surface area contributed by atoms with Crippen LogP contribution in [-0.4, -0.2) is 25.0 Å². The number of hydrogen-bond donors (Lipinski definition) is 1. The Bertz CT molecular complexity index is 172. The van der Waals surface area contributed by atoms with E-state index in [1.165, 1.54) is 0 Å². The van der Waals surface area contributed by atoms with E-state index in [1.54, 1.807) is 0 Å². The molecule has 1 atom stereocenters. The van der Waals surface area contributed by atoms with Gasteiger partial charge < -0.3 is 10.5 Å². The lowest BCUT2D eigenvalue weighted by molar-refractivity contribution is -0.124. The lowest BCUT2D eigenvalue weighted by atomic mass is 10.1. The molecule has 3 heteroatoms. The monoisotopic (exact) mass is 169 g/mol. The van der Waals surface area contributed by atoms with Crippen LogP contribution in [0.2, 0.25) is 0 Å². The maximum absolute atomic E-state index is 11.1. The van der Waals surface area contributed by atoms with Gasteiger partial charge >= 0.3 is 0 Å². The molecule has 0 aromatic carbocycles. The van der Waals surface area contributed by atoms with Crippen molar-refractivity contribution in [3.05, 3.63) is 0 Å². The van der Waals surface area contributed by atoms with Crippen LogP contribution in [0.5, 0.6) is 0 Å². The minimum Gasteiger partial charge on any atom is -0.374 e. The van der Waals surface area contributed by atoms with E-state index in [0.29, 0.717) is 6.61 Å². The van der Waals surface area contributed by atoms with Crippen LogP contribution in [0.4, 0.5) is 0 Å². The van der Waals surface area contributed by atoms with Crippen LogP contribution in [0, 0.1) is 12.3 Å². The molecule has 0 aliphatic heterocycles. The lowest BCUT2D eigenvalue weighted by Gasteiger charge is -2.06. The second-order valence-electron chi connectivity index (χ2n) is 2.53. The maximum atomic E-state index is 11.1. The highest BCUT2D eigenvalue weighted by Crippen LogP contribution is 1.90. The molecular formula is C9H15NO2. The fourth-order valence-corrected chi connectivity index (χ4v) is 0.665. The Balaban J connectivity index is 3.51. The molecule has 0 radical (unpaired) electrons. The van der Waals surface area contributed by atoms with Gasteiger partial charge in [0.25, 0.3) is 0 Å². The summed E-state index contributed by atoms with van der Waals surface area (Å²) in [6, 6.07) is -0.563. The van der Waals surface area contributed by atoms with E-state index in [0.717, 1.165) is 6.42 Å². The average Bonchev–Trinajstić information content (AvgIpc) is 2.05. The van der Waals surface area contributed by atoms with Gasteiger partial charge in [-0.05, 0) is 6.42 Å². The lowest BCUT2D eigenvalue weighted by Crippen LogP contribution is -2.33. The number of carbonyl (C=O) groups excluding carboxylic acids is 1. The number of terminal acetylenes is 1. The van der Waals surface area contributed by atoms with Crippen LogP contribution in [0.25, 0.3) is 0 Å². The van der Waals surface area contributed by atoms with Crippen molar-refractivity contribution < 1.29 is 9.53 Å². The highest BCUT2D eigenvalue weighted by molar-refractivity contribution is 5.85. The molecule has 0 fully saturated rings. The van der Waals surface area contributed by atoms with Gasteiger partial charge in [-0.25, -0.2) is 0 Å². The molecule has 1 unspecified atom stereocenters. The van der Waals surface area contributed by atoms with E-state index < -0.39 is 6.04 Å². The van der Waals surface area contributed by atoms with Gasteiger partial charge in [-0.1, -0.05) is 6.92 Å². The topological polar surface area (TPSA) is 52.3 Å². The number of carbonyl (C=O) groups is 1. The van der Waals surface area contributed by atoms with E-state index >= 15 is 0 Å². The van der Waals surface area contributed by atoms with E-state index in [9.17, 15) is 4.79 Å². The minimum atomic E-state index is -0.563. The van der Waals surface area contributed by atoms with Gasteiger partial charge in [0.05, 0.1) is 6.04 Å². The van der Waals surface area contributed by atoms with Crippen molar-refractivity contribution in [1.29, 1.82) is 0 Å². The molecule has 0 spiro atoms. The Morgan fingerprint density at radius 1 is 1.75 bits per heavy atom. The zero-order valence-corrected chi connectivity index (χ0v) is 7.38. The van der Waals surface area contributed by atoms with Crippen molar-refractivity contribution in [3.63, 3.8) is 0 Å². The number of ether oxygens (including phenoxy) is 1. The first-order valence-electron chi connectivity index (χ1n) is 4.01. The third-order valence-electron chi connectivity index (χ3n) is 1.34. The van der Waals surface area contributed by atoms with Crippen molar-refractivity contribution in [2.75, 3.05) is 13.2 Å². The smallest absolute Gasteiger partial charge is 0.176 e. The van der Waals surface area contributed by atoms with E-state index in [1.807, 2.05) is 6.92 Å². The average molecular weight is 169 g/mol. The molecule has 0 aromatic rings. The van der Waals surface area contributed by atoms with Crippen molar-refractivity contribution in [1.82, 2.24) is 0 Å². The molecule has 2 N–H and O–H groups in total. The van der Waals surface area contributed by atoms with Crippen LogP contribution >= 0.6 is 0 Å². The van der Waals surface area contributed by atoms with Crippen molar-refractivity contribution >= 4 is 5.78 Å². The van der Waals surface area contributed by atoms with Gasteiger partial charge in [-0.15, -0.1) is 12.3 Å². The summed E-state index contributed by atoms with van der Waals surface area (Å²) in [6.45, 7) is 2.65. The first kappa shape index (κ1) is 11.2. The summed E-state index contributed by atoms with van der Waals surface area (Å²) in [7, 11) is 0. The first-order chi connectivity index (χ1) is 5.72. The minimum absolute atomic E-state index is 0.0800. The number of nitrogens with two attached hydrogens (primary N) is 1. The normalized spacial score (nSPS) is 12.1. The Hall–Kier alpha value is -0.850. The SMILES string of the molecule is C#CCC(N)C(=O)COCCC. The third-order valence-corrected chi connectivity index (χ3v) is 1.34. The number of hydrogen-bond acceptors (Lipinski definition) is 3. The largest absolute Gasteiger partial charge is 0.374 e. The zero-order valence-electron chi connectivity index (χ0n) is 7.38. The van der Waals surface area contributed by atoms with E-state index in [2.05, 4.69) is 5.92 Å². The third kappa shape index (κ3) is 4.89. The Labute approximate surface area is 73.3 Å². The predicted molar refractivity (Wildman–Crippen MR) is 47.5 cm³/mol. The van der Waals surface area contributed by atoms with Gasteiger partial charge in [0, 0.05) is 13.0 Å². The molecule has 0 aromatic heterocycles. The van der Waals surface area contributed by atoms with Gasteiger partial charge in [0.15, 0.2) is 5.78 Å². The summed E-state index contributed by atoms with van der Waals surface area (Å²) in [5, 5.41) is 0. The van der Waals surface area contributed by atoms with E-state index in [4.69, 9.17) is 16.9 Å². The molecule has 0 aliphatic rings. The van der Waals surface area contributed by atoms with Gasteiger partial charge in [0.1, 0.15) is 6.61 Å². The van der Waals surface area contributed by atoms with Gasteiger partial charge in [0.2, 0.25) is 0 Å². The molecule has 0 aliphatic carbocycles. The molecule has 0 rings (SSSR count). The van der Waals surface area contributed by atoms with Crippen molar-refractivity contribution in [2.45, 2.75) is 25.8 Å². The number of ketones is 1. The summed E-state index contributed by atoms with van der Waals surface area (Å²) in [5.74, 6) is 2.21. The Morgan fingerprint density at radius 2 is 2.42 bits per heavy atom. The Morgan fingerprint density at radius 3 is 2.92 bits per heavy atom. The molecule has 68 valence electrons. The summed E-state index contributed by atoms with van der Waals surface area (Å²) in [5.41, 5.74) is 5.44. The van der Waals surface area contributed by atoms with Crippen LogP contribution in [0.1, 0.15) is 19.8 Å². The summed E-state index contributed by atoms with van der Waals surface area (Å²) in [4.78, 5) is 11.1. The van der Waals surface area contributed by atoms with Crippen LogP contribution in [-0.2, 0) is 9.53 Å². The van der Waals surface area contributed by atoms with Crippen LogP contribution in [0.15, 0.2) is 0 Å². The number of rotatable bonds is 6. The second-order valence-corrected chi connectivity index (χ2v) is 2.53. The molecule has 12 heavy (non-hydrogen) atoms. The standard InChI is InChI=1S/C9H15NO2/c1-3-5-8(10)9(11)7-12-6-4-2/h1,8H,4-7,10H2,2H3. The number of Topliss-reactive ketones (excluding diaryl/α,β-unsaturated/α-hetero) is 1. The molecule has 0 heterocycles. The highest BCUT2D eigenvalue weighted by atomic mass is 16.5. The van der Waals surface area contributed by atoms with Crippen molar-refractivity contribution in [2.24, 2.45) is 5.73 Å². The molecule has 0 saturated heterocycles. The predicted octanol–water partition coefficient (Wildman–Crippen LogP) is 0.333. The fraction of sp³-hybridized carbons (Fsp3) is 0.667. The molecule has 0 saturated carbocycles. The second kappa shape index (κ2) is 6.84. The first-order valence-corrected chi connectivity index (χ1v) is 4.01. The van der Waals surface area contributed by atoms with Crippen LogP contribution < -0.4 is 5.73 Å². The van der Waals surface area contributed by atoms with Crippen LogP contribution in [0.3, 0.4) is 0 Å².